The molecule has 2 saturated heterocycles. The Morgan fingerprint density at radius 3 is 2.53 bits per heavy atom. The average molecular weight is 627 g/mol. The lowest BCUT2D eigenvalue weighted by Gasteiger charge is -2.45. The fourth-order valence-corrected chi connectivity index (χ4v) is 6.57. The van der Waals surface area contributed by atoms with Crippen LogP contribution < -0.4 is 5.32 Å². The van der Waals surface area contributed by atoms with Crippen molar-refractivity contribution < 1.29 is 33.0 Å². The number of nitrogens with zero attached hydrogens (tertiary/aromatic N) is 3. The summed E-state index contributed by atoms with van der Waals surface area (Å²) in [6, 6.07) is 12.7. The Labute approximate surface area is 263 Å². The number of hydrogen-bond donors (Lipinski definition) is 2. The van der Waals surface area contributed by atoms with Crippen LogP contribution in [0.25, 0.3) is 5.70 Å². The Balaban J connectivity index is 1.47. The summed E-state index contributed by atoms with van der Waals surface area (Å²) in [6.07, 6.45) is 2.96. The number of halogens is 2. The third-order valence-electron chi connectivity index (χ3n) is 8.66. The van der Waals surface area contributed by atoms with Gasteiger partial charge in [-0.1, -0.05) is 30.3 Å². The van der Waals surface area contributed by atoms with Gasteiger partial charge in [-0.05, 0) is 75.6 Å². The molecular formula is C34H44F2N4O5. The van der Waals surface area contributed by atoms with E-state index >= 15 is 4.39 Å². The molecule has 2 N–H and O–H groups in total. The largest absolute Gasteiger partial charge is 0.444 e. The van der Waals surface area contributed by atoms with Gasteiger partial charge < -0.3 is 34.6 Å². The van der Waals surface area contributed by atoms with Crippen LogP contribution in [0.15, 0.2) is 54.7 Å². The zero-order valence-corrected chi connectivity index (χ0v) is 26.3. The van der Waals surface area contributed by atoms with E-state index in [0.717, 1.165) is 17.7 Å². The molecule has 2 aromatic rings. The van der Waals surface area contributed by atoms with Crippen LogP contribution in [0.4, 0.5) is 13.6 Å². The van der Waals surface area contributed by atoms with Crippen molar-refractivity contribution in [3.05, 3.63) is 77.5 Å². The van der Waals surface area contributed by atoms with E-state index in [0.29, 0.717) is 64.4 Å². The van der Waals surface area contributed by atoms with Crippen molar-refractivity contribution in [2.75, 3.05) is 39.5 Å². The first-order valence-corrected chi connectivity index (χ1v) is 15.7. The van der Waals surface area contributed by atoms with Gasteiger partial charge in [0.15, 0.2) is 0 Å². The molecule has 3 heterocycles. The van der Waals surface area contributed by atoms with Crippen LogP contribution in [0.5, 0.6) is 0 Å². The van der Waals surface area contributed by atoms with E-state index in [9.17, 15) is 19.1 Å². The lowest BCUT2D eigenvalue weighted by molar-refractivity contribution is -0.142. The normalized spacial score (nSPS) is 21.3. The van der Waals surface area contributed by atoms with Gasteiger partial charge in [0, 0.05) is 51.2 Å². The van der Waals surface area contributed by atoms with Gasteiger partial charge in [-0.2, -0.15) is 0 Å². The van der Waals surface area contributed by atoms with Crippen LogP contribution in [-0.2, 0) is 20.8 Å². The lowest BCUT2D eigenvalue weighted by Crippen LogP contribution is -2.60. The van der Waals surface area contributed by atoms with Gasteiger partial charge in [0.2, 0.25) is 5.91 Å². The molecule has 0 aliphatic carbocycles. The zero-order chi connectivity index (χ0) is 32.1. The maximum Gasteiger partial charge on any atom is 0.410 e. The first-order valence-electron chi connectivity index (χ1n) is 15.7. The van der Waals surface area contributed by atoms with Crippen LogP contribution in [0, 0.1) is 23.5 Å². The number of nitrogens with one attached hydrogen (secondary N) is 1. The summed E-state index contributed by atoms with van der Waals surface area (Å²) in [5.41, 5.74) is 0.907. The zero-order valence-electron chi connectivity index (χ0n) is 26.3. The van der Waals surface area contributed by atoms with Crippen molar-refractivity contribution in [1.29, 1.82) is 0 Å². The van der Waals surface area contributed by atoms with Gasteiger partial charge in [-0.25, -0.2) is 13.6 Å². The van der Waals surface area contributed by atoms with Crippen LogP contribution in [0.1, 0.15) is 51.2 Å². The number of rotatable bonds is 9. The second-order valence-corrected chi connectivity index (χ2v) is 13.1. The minimum atomic E-state index is -0.674. The van der Waals surface area contributed by atoms with E-state index in [1.54, 1.807) is 16.0 Å². The average Bonchev–Trinajstić information content (AvgIpc) is 3.65. The molecule has 244 valence electrons. The second kappa shape index (κ2) is 14.2. The summed E-state index contributed by atoms with van der Waals surface area (Å²) >= 11 is 0. The van der Waals surface area contributed by atoms with Gasteiger partial charge in [0.25, 0.3) is 0 Å². The number of hydrogen-bond acceptors (Lipinski definition) is 7. The monoisotopic (exact) mass is 626 g/mol. The smallest absolute Gasteiger partial charge is 0.410 e. The highest BCUT2D eigenvalue weighted by molar-refractivity contribution is 5.78. The molecular weight excluding hydrogens is 582 g/mol. The highest BCUT2D eigenvalue weighted by atomic mass is 19.1. The summed E-state index contributed by atoms with van der Waals surface area (Å²) in [4.78, 5) is 31.9. The predicted octanol–water partition coefficient (Wildman–Crippen LogP) is 4.57. The number of ether oxygens (including phenoxy) is 2. The van der Waals surface area contributed by atoms with E-state index in [1.807, 2.05) is 56.0 Å². The predicted molar refractivity (Wildman–Crippen MR) is 165 cm³/mol. The topological polar surface area (TPSA) is 94.6 Å². The number of carbonyl (C=O) groups excluding carboxylic acids is 2. The van der Waals surface area contributed by atoms with Crippen molar-refractivity contribution in [1.82, 2.24) is 20.0 Å². The number of amides is 2. The molecule has 2 amide bonds. The Kier molecular flexibility index (Phi) is 10.3. The number of carbonyl (C=O) groups is 2. The molecule has 3 aliphatic heterocycles. The van der Waals surface area contributed by atoms with Crippen molar-refractivity contribution >= 4 is 17.7 Å². The first-order chi connectivity index (χ1) is 21.5. The number of aliphatic hydroxyl groups excluding tert-OH is 1. The fraction of sp³-hybridized carbons (Fsp3) is 0.529. The molecule has 5 rings (SSSR count). The Bertz CT molecular complexity index is 1360. The van der Waals surface area contributed by atoms with Crippen molar-refractivity contribution in [2.45, 2.75) is 64.4 Å². The molecule has 0 spiro atoms. The highest BCUT2D eigenvalue weighted by Crippen LogP contribution is 2.34. The van der Waals surface area contributed by atoms with E-state index in [2.05, 4.69) is 5.32 Å². The Hall–Kier alpha value is -3.70. The molecule has 0 bridgehead atoms. The maximum atomic E-state index is 15.1. The lowest BCUT2D eigenvalue weighted by atomic mass is 9.87. The summed E-state index contributed by atoms with van der Waals surface area (Å²) in [5.74, 6) is -1.57. The minimum Gasteiger partial charge on any atom is -0.444 e. The van der Waals surface area contributed by atoms with Crippen LogP contribution in [0.2, 0.25) is 0 Å². The molecule has 45 heavy (non-hydrogen) atoms. The first kappa shape index (κ1) is 32.7. The van der Waals surface area contributed by atoms with E-state index in [4.69, 9.17) is 9.47 Å². The van der Waals surface area contributed by atoms with E-state index in [-0.39, 0.29) is 23.5 Å². The minimum absolute atomic E-state index is 0.00140. The Morgan fingerprint density at radius 2 is 1.84 bits per heavy atom. The van der Waals surface area contributed by atoms with Crippen molar-refractivity contribution in [2.24, 2.45) is 11.8 Å². The van der Waals surface area contributed by atoms with Gasteiger partial charge in [-0.15, -0.1) is 0 Å². The molecule has 3 aliphatic rings. The maximum absolute atomic E-state index is 15.1. The van der Waals surface area contributed by atoms with Crippen LogP contribution in [-0.4, -0.2) is 89.1 Å². The quantitative estimate of drug-likeness (QED) is 0.421. The molecule has 3 unspecified atom stereocenters. The second-order valence-electron chi connectivity index (χ2n) is 13.1. The van der Waals surface area contributed by atoms with E-state index in [1.165, 1.54) is 6.07 Å². The molecule has 0 saturated carbocycles. The summed E-state index contributed by atoms with van der Waals surface area (Å²) < 4.78 is 40.6. The molecule has 2 aromatic carbocycles. The number of aliphatic hydroxyl groups is 1. The summed E-state index contributed by atoms with van der Waals surface area (Å²) in [7, 11) is 0. The SMILES string of the molecule is CC(C)(C)OC(=O)N1CCC(CN(C(=O)CO)C(C2CCOCC2)C2NC(c3cc(F)ccc3F)=CN2Cc2ccccc2)C1. The number of likely N-dealkylation sites (tertiary alicyclic amines) is 1. The molecule has 0 radical (unpaired) electrons. The third kappa shape index (κ3) is 8.12. The molecule has 11 heteroatoms. The molecule has 0 aromatic heterocycles. The highest BCUT2D eigenvalue weighted by Gasteiger charge is 2.44. The summed E-state index contributed by atoms with van der Waals surface area (Å²) in [6.45, 7) is 7.57. The third-order valence-corrected chi connectivity index (χ3v) is 8.66. The van der Waals surface area contributed by atoms with E-state index < -0.39 is 42.0 Å². The summed E-state index contributed by atoms with van der Waals surface area (Å²) in [5, 5.41) is 13.7. The van der Waals surface area contributed by atoms with Gasteiger partial charge >= 0.3 is 6.09 Å². The molecule has 3 atom stereocenters. The molecule has 2 fully saturated rings. The Morgan fingerprint density at radius 1 is 1.11 bits per heavy atom. The van der Waals surface area contributed by atoms with Crippen LogP contribution >= 0.6 is 0 Å². The fourth-order valence-electron chi connectivity index (χ4n) is 6.57. The van der Waals surface area contributed by atoms with Crippen LogP contribution in [0.3, 0.4) is 0 Å². The van der Waals surface area contributed by atoms with Crippen molar-refractivity contribution in [3.8, 4) is 0 Å². The standard InChI is InChI=1S/C34H44F2N4O5/c1-34(2,3)45-33(43)38-14-11-24(19-38)20-40(30(42)22-41)31(25-12-15-44-16-13-25)32-37-29(27-17-26(35)9-10-28(27)36)21-39(32)18-23-7-5-4-6-8-23/h4-10,17,21,24-25,31-32,37,41H,11-16,18-20,22H2,1-3H3. The van der Waals surface area contributed by atoms with Gasteiger partial charge in [-0.3, -0.25) is 4.79 Å². The number of benzene rings is 2. The van der Waals surface area contributed by atoms with Crippen molar-refractivity contribution in [3.63, 3.8) is 0 Å². The van der Waals surface area contributed by atoms with Gasteiger partial charge in [0.05, 0.1) is 11.7 Å². The van der Waals surface area contributed by atoms with Gasteiger partial charge in [0.1, 0.15) is 30.0 Å². The molecule has 9 nitrogen and oxygen atoms in total.